The predicted molar refractivity (Wildman–Crippen MR) is 85.1 cm³/mol. The van der Waals surface area contributed by atoms with Crippen LogP contribution in [0.25, 0.3) is 5.78 Å². The quantitative estimate of drug-likeness (QED) is 0.745. The zero-order chi connectivity index (χ0) is 15.9. The Morgan fingerprint density at radius 1 is 1.32 bits per heavy atom. The first kappa shape index (κ1) is 14.6. The van der Waals surface area contributed by atoms with Gasteiger partial charge in [0.05, 0.1) is 6.04 Å². The van der Waals surface area contributed by atoms with Crippen molar-refractivity contribution in [3.63, 3.8) is 0 Å². The first-order chi connectivity index (χ1) is 10.5. The third-order valence-corrected chi connectivity index (χ3v) is 4.87. The van der Waals surface area contributed by atoms with Crippen molar-refractivity contribution < 1.29 is 4.79 Å². The van der Waals surface area contributed by atoms with Crippen molar-refractivity contribution in [1.29, 1.82) is 0 Å². The van der Waals surface area contributed by atoms with Gasteiger partial charge in [-0.25, -0.2) is 9.50 Å². The van der Waals surface area contributed by atoms with Crippen LogP contribution in [0.5, 0.6) is 0 Å². The minimum Gasteiger partial charge on any atom is -0.331 e. The molecule has 0 radical (unpaired) electrons. The summed E-state index contributed by atoms with van der Waals surface area (Å²) >= 11 is 1.69. The van der Waals surface area contributed by atoms with E-state index >= 15 is 0 Å². The third-order valence-electron chi connectivity index (χ3n) is 3.70. The summed E-state index contributed by atoms with van der Waals surface area (Å²) < 4.78 is 1.58. The molecule has 3 aromatic rings. The van der Waals surface area contributed by atoms with Crippen LogP contribution in [0.4, 0.5) is 0 Å². The van der Waals surface area contributed by atoms with Crippen molar-refractivity contribution in [2.75, 3.05) is 7.05 Å². The summed E-state index contributed by atoms with van der Waals surface area (Å²) in [6.45, 7) is 5.96. The number of carbonyl (C=O) groups is 1. The van der Waals surface area contributed by atoms with Crippen LogP contribution in [0.15, 0.2) is 24.4 Å². The molecule has 0 aliphatic heterocycles. The number of thiophene rings is 1. The summed E-state index contributed by atoms with van der Waals surface area (Å²) in [6.07, 6.45) is 1.66. The van der Waals surface area contributed by atoms with Gasteiger partial charge in [-0.05, 0) is 39.0 Å². The lowest BCUT2D eigenvalue weighted by molar-refractivity contribution is 0.0733. The molecule has 0 aromatic carbocycles. The van der Waals surface area contributed by atoms with Gasteiger partial charge in [0.15, 0.2) is 0 Å². The van der Waals surface area contributed by atoms with E-state index in [-0.39, 0.29) is 17.8 Å². The van der Waals surface area contributed by atoms with Gasteiger partial charge in [0.25, 0.3) is 11.7 Å². The van der Waals surface area contributed by atoms with Gasteiger partial charge < -0.3 is 4.90 Å². The molecule has 7 heteroatoms. The smallest absolute Gasteiger partial charge is 0.293 e. The minimum absolute atomic E-state index is 0.0214. The van der Waals surface area contributed by atoms with E-state index in [1.54, 1.807) is 34.0 Å². The summed E-state index contributed by atoms with van der Waals surface area (Å²) in [5, 5.41) is 4.27. The normalized spacial score (nSPS) is 12.5. The van der Waals surface area contributed by atoms with E-state index in [2.05, 4.69) is 34.1 Å². The van der Waals surface area contributed by atoms with Crippen LogP contribution in [0, 0.1) is 13.8 Å². The molecule has 0 fully saturated rings. The molecule has 0 N–H and O–H groups in total. The zero-order valence-corrected chi connectivity index (χ0v) is 13.8. The molecule has 0 bridgehead atoms. The van der Waals surface area contributed by atoms with Gasteiger partial charge in [-0.15, -0.1) is 16.4 Å². The van der Waals surface area contributed by atoms with E-state index in [9.17, 15) is 4.79 Å². The Labute approximate surface area is 132 Å². The number of fused-ring (bicyclic) bond motifs is 1. The van der Waals surface area contributed by atoms with Gasteiger partial charge in [0.1, 0.15) is 0 Å². The van der Waals surface area contributed by atoms with Gasteiger partial charge in [0.2, 0.25) is 5.82 Å². The van der Waals surface area contributed by atoms with E-state index in [0.29, 0.717) is 5.78 Å². The molecule has 0 saturated heterocycles. The molecule has 0 spiro atoms. The molecular weight excluding hydrogens is 298 g/mol. The molecule has 22 heavy (non-hydrogen) atoms. The number of nitrogens with zero attached hydrogens (tertiary/aromatic N) is 5. The summed E-state index contributed by atoms with van der Waals surface area (Å²) in [5.74, 6) is 0.407. The maximum atomic E-state index is 12.6. The Balaban J connectivity index is 1.89. The number of hydrogen-bond acceptors (Lipinski definition) is 5. The lowest BCUT2D eigenvalue weighted by Gasteiger charge is -2.22. The Bertz CT molecular complexity index is 837. The monoisotopic (exact) mass is 315 g/mol. The van der Waals surface area contributed by atoms with E-state index in [0.717, 1.165) is 10.6 Å². The molecule has 0 aliphatic rings. The van der Waals surface area contributed by atoms with E-state index in [1.807, 2.05) is 19.9 Å². The zero-order valence-electron chi connectivity index (χ0n) is 12.9. The summed E-state index contributed by atoms with van der Waals surface area (Å²) in [7, 11) is 1.77. The molecule has 114 valence electrons. The molecule has 0 unspecified atom stereocenters. The minimum atomic E-state index is -0.205. The number of carbonyl (C=O) groups excluding carboxylic acids is 1. The summed E-state index contributed by atoms with van der Waals surface area (Å²) in [4.78, 5) is 25.0. The van der Waals surface area contributed by atoms with Crippen molar-refractivity contribution in [3.8, 4) is 0 Å². The Morgan fingerprint density at radius 2 is 2.09 bits per heavy atom. The molecule has 1 atom stereocenters. The van der Waals surface area contributed by atoms with Crippen LogP contribution < -0.4 is 0 Å². The lowest BCUT2D eigenvalue weighted by Crippen LogP contribution is -2.30. The summed E-state index contributed by atoms with van der Waals surface area (Å²) in [5.41, 5.74) is 0.890. The third kappa shape index (κ3) is 2.48. The van der Waals surface area contributed by atoms with Crippen molar-refractivity contribution in [2.45, 2.75) is 26.8 Å². The fourth-order valence-corrected chi connectivity index (χ4v) is 3.17. The molecule has 3 aromatic heterocycles. The SMILES string of the molecule is Cc1ccc([C@H](C)N(C)C(=O)c2nc3nccc(C)n3n2)s1. The van der Waals surface area contributed by atoms with Crippen LogP contribution in [-0.2, 0) is 0 Å². The van der Waals surface area contributed by atoms with Crippen molar-refractivity contribution in [2.24, 2.45) is 0 Å². The van der Waals surface area contributed by atoms with E-state index in [1.165, 1.54) is 4.88 Å². The van der Waals surface area contributed by atoms with Crippen molar-refractivity contribution in [3.05, 3.63) is 45.7 Å². The number of amides is 1. The number of aryl methyl sites for hydroxylation is 2. The molecule has 3 rings (SSSR count). The average Bonchev–Trinajstić information content (AvgIpc) is 3.12. The highest BCUT2D eigenvalue weighted by Gasteiger charge is 2.24. The van der Waals surface area contributed by atoms with Crippen LogP contribution in [0.1, 0.15) is 39.0 Å². The number of rotatable bonds is 3. The molecule has 0 saturated carbocycles. The predicted octanol–water partition coefficient (Wildman–Crippen LogP) is 2.64. The number of hydrogen-bond donors (Lipinski definition) is 0. The highest BCUT2D eigenvalue weighted by Crippen LogP contribution is 2.27. The maximum Gasteiger partial charge on any atom is 0.293 e. The Morgan fingerprint density at radius 3 is 2.73 bits per heavy atom. The second-order valence-corrected chi connectivity index (χ2v) is 6.59. The topological polar surface area (TPSA) is 63.4 Å². The van der Waals surface area contributed by atoms with E-state index < -0.39 is 0 Å². The first-order valence-electron chi connectivity index (χ1n) is 6.99. The molecule has 6 nitrogen and oxygen atoms in total. The largest absolute Gasteiger partial charge is 0.331 e. The highest BCUT2D eigenvalue weighted by atomic mass is 32.1. The van der Waals surface area contributed by atoms with Gasteiger partial charge in [0, 0.05) is 28.7 Å². The number of aromatic nitrogens is 4. The van der Waals surface area contributed by atoms with E-state index in [4.69, 9.17) is 0 Å². The van der Waals surface area contributed by atoms with Crippen molar-refractivity contribution >= 4 is 23.0 Å². The highest BCUT2D eigenvalue weighted by molar-refractivity contribution is 7.12. The molecule has 1 amide bonds. The van der Waals surface area contributed by atoms with Crippen LogP contribution in [-0.4, -0.2) is 37.4 Å². The molecule has 3 heterocycles. The second kappa shape index (κ2) is 5.49. The van der Waals surface area contributed by atoms with Crippen LogP contribution >= 0.6 is 11.3 Å². The van der Waals surface area contributed by atoms with Crippen LogP contribution in [0.3, 0.4) is 0 Å². The van der Waals surface area contributed by atoms with Gasteiger partial charge in [-0.2, -0.15) is 4.98 Å². The maximum absolute atomic E-state index is 12.6. The molecule has 0 aliphatic carbocycles. The Kier molecular flexibility index (Phi) is 3.66. The van der Waals surface area contributed by atoms with Crippen molar-refractivity contribution in [1.82, 2.24) is 24.5 Å². The average molecular weight is 315 g/mol. The molecular formula is C15H17N5OS. The second-order valence-electron chi connectivity index (χ2n) is 5.27. The summed E-state index contributed by atoms with van der Waals surface area (Å²) in [6, 6.07) is 5.92. The fraction of sp³-hybridized carbons (Fsp3) is 0.333. The van der Waals surface area contributed by atoms with Gasteiger partial charge in [-0.1, -0.05) is 0 Å². The Hall–Kier alpha value is -2.28. The van der Waals surface area contributed by atoms with Gasteiger partial charge >= 0.3 is 0 Å². The van der Waals surface area contributed by atoms with Gasteiger partial charge in [-0.3, -0.25) is 4.79 Å². The standard InChI is InChI=1S/C15H17N5OS/c1-9-7-8-16-15-17-13(18-20(9)15)14(21)19(4)11(3)12-6-5-10(2)22-12/h5-8,11H,1-4H3/t11-/m0/s1. The van der Waals surface area contributed by atoms with Crippen LogP contribution in [0.2, 0.25) is 0 Å². The lowest BCUT2D eigenvalue weighted by atomic mass is 10.2. The fourth-order valence-electron chi connectivity index (χ4n) is 2.20. The first-order valence-corrected chi connectivity index (χ1v) is 7.81.